The highest BCUT2D eigenvalue weighted by Gasteiger charge is 2.35. The molecule has 1 saturated heterocycles. The molecule has 0 aromatic carbocycles. The molecule has 4 heteroatoms. The first-order valence-corrected chi connectivity index (χ1v) is 6.30. The van der Waals surface area contributed by atoms with Crippen molar-refractivity contribution in [2.24, 2.45) is 0 Å². The van der Waals surface area contributed by atoms with Gasteiger partial charge in [-0.2, -0.15) is 0 Å². The van der Waals surface area contributed by atoms with Gasteiger partial charge in [0.25, 0.3) is 0 Å². The Bertz CT molecular complexity index is 386. The average Bonchev–Trinajstić information content (AvgIpc) is 2.77. The van der Waals surface area contributed by atoms with Gasteiger partial charge in [0, 0.05) is 24.9 Å². The summed E-state index contributed by atoms with van der Waals surface area (Å²) in [6, 6.07) is 0. The zero-order valence-corrected chi connectivity index (χ0v) is 11.1. The predicted octanol–water partition coefficient (Wildman–Crippen LogP) is 2.41. The minimum atomic E-state index is -0.302. The van der Waals surface area contributed by atoms with Gasteiger partial charge in [-0.25, -0.2) is 9.97 Å². The largest absolute Gasteiger partial charge is 0.373 e. The summed E-state index contributed by atoms with van der Waals surface area (Å²) in [4.78, 5) is 9.28. The van der Waals surface area contributed by atoms with Gasteiger partial charge in [-0.3, -0.25) is 0 Å². The summed E-state index contributed by atoms with van der Waals surface area (Å²) in [6.45, 7) is 7.08. The molecule has 0 saturated carbocycles. The smallest absolute Gasteiger partial charge is 0.162 e. The average molecular weight is 235 g/mol. The Kier molecular flexibility index (Phi) is 3.33. The number of nitrogens with zero attached hydrogens (tertiary/aromatic N) is 2. The van der Waals surface area contributed by atoms with Crippen molar-refractivity contribution in [2.75, 3.05) is 19.0 Å². The molecule has 17 heavy (non-hydrogen) atoms. The first-order valence-electron chi connectivity index (χ1n) is 6.30. The molecule has 94 valence electrons. The van der Waals surface area contributed by atoms with E-state index in [1.807, 2.05) is 7.05 Å². The molecule has 0 bridgehead atoms. The lowest BCUT2D eigenvalue weighted by atomic mass is 10.0. The molecule has 0 radical (unpaired) electrons. The van der Waals surface area contributed by atoms with Crippen LogP contribution in [0.25, 0.3) is 0 Å². The van der Waals surface area contributed by atoms with Crippen LogP contribution in [0.5, 0.6) is 0 Å². The third-order valence-corrected chi connectivity index (χ3v) is 3.51. The van der Waals surface area contributed by atoms with Gasteiger partial charge in [0.1, 0.15) is 11.4 Å². The van der Waals surface area contributed by atoms with E-state index in [9.17, 15) is 0 Å². The van der Waals surface area contributed by atoms with Crippen LogP contribution in [0.4, 0.5) is 5.82 Å². The molecular weight excluding hydrogens is 214 g/mol. The van der Waals surface area contributed by atoms with Crippen LogP contribution >= 0.6 is 0 Å². The van der Waals surface area contributed by atoms with E-state index < -0.39 is 0 Å². The van der Waals surface area contributed by atoms with Gasteiger partial charge in [-0.05, 0) is 33.1 Å². The summed E-state index contributed by atoms with van der Waals surface area (Å²) in [5, 5.41) is 3.14. The van der Waals surface area contributed by atoms with E-state index in [0.29, 0.717) is 0 Å². The van der Waals surface area contributed by atoms with Crippen molar-refractivity contribution in [1.29, 1.82) is 0 Å². The molecular formula is C13H21N3O. The van der Waals surface area contributed by atoms with Crippen molar-refractivity contribution >= 4 is 5.82 Å². The minimum absolute atomic E-state index is 0.302. The molecule has 1 atom stereocenters. The molecule has 0 aliphatic carbocycles. The second kappa shape index (κ2) is 4.61. The molecule has 1 aliphatic heterocycles. The fraction of sp³-hybridized carbons (Fsp3) is 0.692. The van der Waals surface area contributed by atoms with Gasteiger partial charge in [-0.15, -0.1) is 0 Å². The summed E-state index contributed by atoms with van der Waals surface area (Å²) >= 11 is 0. The maximum Gasteiger partial charge on any atom is 0.162 e. The zero-order valence-electron chi connectivity index (χ0n) is 11.1. The summed E-state index contributed by atoms with van der Waals surface area (Å²) in [7, 11) is 1.90. The summed E-state index contributed by atoms with van der Waals surface area (Å²) < 4.78 is 5.81. The van der Waals surface area contributed by atoms with Crippen molar-refractivity contribution in [1.82, 2.24) is 9.97 Å². The molecule has 0 spiro atoms. The Balaban J connectivity index is 2.47. The Labute approximate surface area is 103 Å². The highest BCUT2D eigenvalue weighted by Crippen LogP contribution is 2.34. The van der Waals surface area contributed by atoms with E-state index in [1.165, 1.54) is 0 Å². The van der Waals surface area contributed by atoms with E-state index in [-0.39, 0.29) is 5.60 Å². The minimum Gasteiger partial charge on any atom is -0.373 e. The zero-order chi connectivity index (χ0) is 12.5. The predicted molar refractivity (Wildman–Crippen MR) is 68.2 cm³/mol. The van der Waals surface area contributed by atoms with Gasteiger partial charge < -0.3 is 10.1 Å². The number of rotatable bonds is 3. The number of anilines is 1. The van der Waals surface area contributed by atoms with Crippen LogP contribution in [0.15, 0.2) is 0 Å². The van der Waals surface area contributed by atoms with E-state index in [1.54, 1.807) is 0 Å². The van der Waals surface area contributed by atoms with Crippen molar-refractivity contribution in [3.05, 3.63) is 17.1 Å². The molecule has 1 unspecified atom stereocenters. The van der Waals surface area contributed by atoms with Crippen molar-refractivity contribution in [3.8, 4) is 0 Å². The molecule has 1 fully saturated rings. The Morgan fingerprint density at radius 2 is 2.18 bits per heavy atom. The fourth-order valence-corrected chi connectivity index (χ4v) is 2.34. The highest BCUT2D eigenvalue weighted by atomic mass is 16.5. The Morgan fingerprint density at radius 1 is 1.41 bits per heavy atom. The van der Waals surface area contributed by atoms with Crippen LogP contribution in [0.2, 0.25) is 0 Å². The van der Waals surface area contributed by atoms with Crippen molar-refractivity contribution in [3.63, 3.8) is 0 Å². The molecule has 0 amide bonds. The lowest BCUT2D eigenvalue weighted by Gasteiger charge is -2.23. The van der Waals surface area contributed by atoms with Gasteiger partial charge in [0.15, 0.2) is 5.82 Å². The first kappa shape index (κ1) is 12.3. The SMILES string of the molecule is CCc1nc(C2(C)CCCO2)nc(NC)c1C. The van der Waals surface area contributed by atoms with E-state index in [2.05, 4.69) is 36.1 Å². The summed E-state index contributed by atoms with van der Waals surface area (Å²) in [5.74, 6) is 1.74. The highest BCUT2D eigenvalue weighted by molar-refractivity contribution is 5.45. The van der Waals surface area contributed by atoms with Crippen LogP contribution in [0.1, 0.15) is 43.8 Å². The van der Waals surface area contributed by atoms with E-state index in [4.69, 9.17) is 4.74 Å². The standard InChI is InChI=1S/C13H21N3O/c1-5-10-9(2)11(14-4)16-12(15-10)13(3)7-6-8-17-13/h5-8H2,1-4H3,(H,14,15,16). The maximum atomic E-state index is 5.81. The van der Waals surface area contributed by atoms with E-state index in [0.717, 1.165) is 48.8 Å². The molecule has 2 rings (SSSR count). The van der Waals surface area contributed by atoms with Crippen molar-refractivity contribution < 1.29 is 4.74 Å². The molecule has 1 N–H and O–H groups in total. The Morgan fingerprint density at radius 3 is 2.71 bits per heavy atom. The van der Waals surface area contributed by atoms with Crippen LogP contribution in [-0.2, 0) is 16.8 Å². The first-order chi connectivity index (χ1) is 8.10. The van der Waals surface area contributed by atoms with Gasteiger partial charge in [0.2, 0.25) is 0 Å². The van der Waals surface area contributed by atoms with Gasteiger partial charge >= 0.3 is 0 Å². The van der Waals surface area contributed by atoms with Crippen LogP contribution in [-0.4, -0.2) is 23.6 Å². The molecule has 1 aromatic rings. The van der Waals surface area contributed by atoms with Crippen LogP contribution in [0.3, 0.4) is 0 Å². The number of aryl methyl sites for hydroxylation is 1. The monoisotopic (exact) mass is 235 g/mol. The topological polar surface area (TPSA) is 47.0 Å². The second-order valence-corrected chi connectivity index (χ2v) is 4.75. The number of hydrogen-bond acceptors (Lipinski definition) is 4. The lowest BCUT2D eigenvalue weighted by molar-refractivity contribution is 0.00925. The van der Waals surface area contributed by atoms with Gasteiger partial charge in [-0.1, -0.05) is 6.92 Å². The third-order valence-electron chi connectivity index (χ3n) is 3.51. The number of ether oxygens (including phenoxy) is 1. The van der Waals surface area contributed by atoms with Gasteiger partial charge in [0.05, 0.1) is 0 Å². The summed E-state index contributed by atoms with van der Waals surface area (Å²) in [6.07, 6.45) is 3.01. The number of nitrogens with one attached hydrogen (secondary N) is 1. The molecule has 1 aliphatic rings. The van der Waals surface area contributed by atoms with Crippen LogP contribution in [0, 0.1) is 6.92 Å². The maximum absolute atomic E-state index is 5.81. The quantitative estimate of drug-likeness (QED) is 0.874. The normalized spacial score (nSPS) is 24.0. The third kappa shape index (κ3) is 2.14. The Hall–Kier alpha value is -1.16. The number of hydrogen-bond donors (Lipinski definition) is 1. The number of aromatic nitrogens is 2. The lowest BCUT2D eigenvalue weighted by Crippen LogP contribution is -2.25. The molecule has 1 aromatic heterocycles. The fourth-order valence-electron chi connectivity index (χ4n) is 2.34. The molecule has 4 nitrogen and oxygen atoms in total. The van der Waals surface area contributed by atoms with Crippen molar-refractivity contribution in [2.45, 2.75) is 45.6 Å². The summed E-state index contributed by atoms with van der Waals surface area (Å²) in [5.41, 5.74) is 1.94. The van der Waals surface area contributed by atoms with E-state index >= 15 is 0 Å². The van der Waals surface area contributed by atoms with Crippen LogP contribution < -0.4 is 5.32 Å². The molecule has 2 heterocycles. The second-order valence-electron chi connectivity index (χ2n) is 4.75.